The van der Waals surface area contributed by atoms with E-state index in [1.54, 1.807) is 0 Å². The van der Waals surface area contributed by atoms with Crippen LogP contribution in [0.5, 0.6) is 0 Å². The van der Waals surface area contributed by atoms with Gasteiger partial charge in [-0.15, -0.1) is 11.3 Å². The molecule has 4 heteroatoms. The van der Waals surface area contributed by atoms with Crippen LogP contribution in [0.4, 0.5) is 17.1 Å². The Kier molecular flexibility index (Phi) is 7.18. The second kappa shape index (κ2) is 12.9. The van der Waals surface area contributed by atoms with Crippen molar-refractivity contribution in [2.45, 2.75) is 0 Å². The Morgan fingerprint density at radius 1 is 0.333 bits per heavy atom. The van der Waals surface area contributed by atoms with Crippen molar-refractivity contribution < 1.29 is 8.83 Å². The molecule has 13 aromatic rings. The monoisotopic (exact) mass is 783 g/mol. The molecule has 0 bridgehead atoms. The summed E-state index contributed by atoms with van der Waals surface area (Å²) in [6.45, 7) is 0. The van der Waals surface area contributed by atoms with Gasteiger partial charge in [0.2, 0.25) is 0 Å². The predicted octanol–water partition coefficient (Wildman–Crippen LogP) is 17.0. The second-order valence-corrected chi connectivity index (χ2v) is 16.7. The van der Waals surface area contributed by atoms with Gasteiger partial charge in [-0.1, -0.05) is 133 Å². The molecule has 0 aliphatic heterocycles. The van der Waals surface area contributed by atoms with Crippen LogP contribution in [0.1, 0.15) is 0 Å². The van der Waals surface area contributed by atoms with Crippen LogP contribution >= 0.6 is 11.3 Å². The number of fused-ring (bicyclic) bond motifs is 14. The van der Waals surface area contributed by atoms with Gasteiger partial charge in [-0.05, 0) is 105 Å². The second-order valence-electron chi connectivity index (χ2n) is 15.6. The lowest BCUT2D eigenvalue weighted by atomic mass is 9.97. The first-order valence-corrected chi connectivity index (χ1v) is 21.1. The minimum absolute atomic E-state index is 0.878. The topological polar surface area (TPSA) is 29.5 Å². The molecule has 0 amide bonds. The van der Waals surface area contributed by atoms with Gasteiger partial charge in [0.1, 0.15) is 22.3 Å². The maximum atomic E-state index is 6.46. The number of rotatable bonds is 5. The van der Waals surface area contributed by atoms with E-state index in [2.05, 4.69) is 199 Å². The van der Waals surface area contributed by atoms with Crippen LogP contribution in [0.15, 0.2) is 209 Å². The summed E-state index contributed by atoms with van der Waals surface area (Å²) in [4.78, 5) is 2.38. The molecule has 3 aromatic heterocycles. The third-order valence-electron chi connectivity index (χ3n) is 12.2. The predicted molar refractivity (Wildman–Crippen MR) is 254 cm³/mol. The molecule has 0 radical (unpaired) electrons. The Bertz CT molecular complexity index is 3840. The number of hydrogen-bond acceptors (Lipinski definition) is 4. The van der Waals surface area contributed by atoms with E-state index < -0.39 is 0 Å². The number of furan rings is 2. The fourth-order valence-corrected chi connectivity index (χ4v) is 10.8. The normalized spacial score (nSPS) is 12.0. The van der Waals surface area contributed by atoms with Crippen LogP contribution in [-0.2, 0) is 0 Å². The van der Waals surface area contributed by atoms with E-state index in [1.807, 2.05) is 17.4 Å². The van der Waals surface area contributed by atoms with Crippen molar-refractivity contribution in [1.82, 2.24) is 0 Å². The van der Waals surface area contributed by atoms with E-state index in [9.17, 15) is 0 Å². The van der Waals surface area contributed by atoms with Crippen LogP contribution < -0.4 is 4.90 Å². The summed E-state index contributed by atoms with van der Waals surface area (Å²) in [5.74, 6) is 0. The van der Waals surface area contributed by atoms with Gasteiger partial charge in [0.15, 0.2) is 0 Å². The van der Waals surface area contributed by atoms with Gasteiger partial charge in [-0.2, -0.15) is 0 Å². The highest BCUT2D eigenvalue weighted by Crippen LogP contribution is 2.47. The molecule has 3 heterocycles. The van der Waals surface area contributed by atoms with E-state index in [-0.39, 0.29) is 0 Å². The zero-order chi connectivity index (χ0) is 39.3. The van der Waals surface area contributed by atoms with Gasteiger partial charge < -0.3 is 13.7 Å². The Hall–Kier alpha value is -7.66. The highest BCUT2D eigenvalue weighted by Gasteiger charge is 2.20. The molecule has 280 valence electrons. The molecule has 10 aromatic carbocycles. The average Bonchev–Trinajstić information content (AvgIpc) is 4.01. The van der Waals surface area contributed by atoms with Crippen molar-refractivity contribution in [3.05, 3.63) is 200 Å². The summed E-state index contributed by atoms with van der Waals surface area (Å²) in [6.07, 6.45) is 0. The third kappa shape index (κ3) is 5.01. The maximum absolute atomic E-state index is 6.46. The van der Waals surface area contributed by atoms with Gasteiger partial charge >= 0.3 is 0 Å². The first-order valence-electron chi connectivity index (χ1n) is 20.3. The Morgan fingerprint density at radius 2 is 0.967 bits per heavy atom. The van der Waals surface area contributed by atoms with E-state index in [0.29, 0.717) is 0 Å². The number of para-hydroxylation sites is 1. The minimum atomic E-state index is 0.878. The fraction of sp³-hybridized carbons (Fsp3) is 0. The summed E-state index contributed by atoms with van der Waals surface area (Å²) >= 11 is 1.87. The van der Waals surface area contributed by atoms with Crippen LogP contribution in [0.3, 0.4) is 0 Å². The number of benzene rings is 10. The van der Waals surface area contributed by atoms with Crippen molar-refractivity contribution in [3.63, 3.8) is 0 Å². The largest absolute Gasteiger partial charge is 0.456 e. The first-order chi connectivity index (χ1) is 29.7. The van der Waals surface area contributed by atoms with Crippen LogP contribution in [0.25, 0.3) is 108 Å². The summed E-state index contributed by atoms with van der Waals surface area (Å²) < 4.78 is 15.4. The molecule has 0 aliphatic carbocycles. The first kappa shape index (κ1) is 33.3. The van der Waals surface area contributed by atoms with Crippen molar-refractivity contribution in [1.29, 1.82) is 0 Å². The Morgan fingerprint density at radius 3 is 1.85 bits per heavy atom. The number of thiophene rings is 1. The van der Waals surface area contributed by atoms with Gasteiger partial charge in [0, 0.05) is 64.2 Å². The van der Waals surface area contributed by atoms with Crippen LogP contribution in [0, 0.1) is 0 Å². The molecule has 0 unspecified atom stereocenters. The average molecular weight is 784 g/mol. The molecule has 0 saturated heterocycles. The highest BCUT2D eigenvalue weighted by molar-refractivity contribution is 7.26. The van der Waals surface area contributed by atoms with Crippen molar-refractivity contribution in [3.8, 4) is 22.3 Å². The molecule has 3 nitrogen and oxygen atoms in total. The summed E-state index contributed by atoms with van der Waals surface area (Å²) in [7, 11) is 0. The SMILES string of the molecule is c1ccc(-c2ccc(N(c3cccc(-c4cccc5c4sc4ccc6ccc7oc8ccccc8c7c6c45)c3)c3ccc4oc5ccc6ccccc6c5c4c3)cc2)cc1. The Balaban J connectivity index is 1.01. The number of anilines is 3. The van der Waals surface area contributed by atoms with Gasteiger partial charge in [-0.25, -0.2) is 0 Å². The van der Waals surface area contributed by atoms with E-state index >= 15 is 0 Å². The molecular formula is C56H33NO2S. The maximum Gasteiger partial charge on any atom is 0.136 e. The molecule has 13 rings (SSSR count). The van der Waals surface area contributed by atoms with E-state index in [4.69, 9.17) is 8.83 Å². The van der Waals surface area contributed by atoms with Crippen molar-refractivity contribution >= 4 is 114 Å². The molecule has 0 atom stereocenters. The van der Waals surface area contributed by atoms with Gasteiger partial charge in [0.05, 0.1) is 0 Å². The lowest BCUT2D eigenvalue weighted by Gasteiger charge is -2.26. The van der Waals surface area contributed by atoms with Crippen LogP contribution in [-0.4, -0.2) is 0 Å². The number of nitrogens with zero attached hydrogens (tertiary/aromatic N) is 1. The van der Waals surface area contributed by atoms with Gasteiger partial charge in [-0.3, -0.25) is 0 Å². The summed E-state index contributed by atoms with van der Waals surface area (Å²) in [6, 6.07) is 71.9. The standard InChI is InChI=1S/C56H33NO2S/c1-2-10-34(11-3-1)35-20-25-39(26-21-35)57(41-27-30-48-46(33-41)53-42-15-5-4-12-36(42)22-28-49(53)59-48)40-14-8-13-38(32-40)43-17-9-18-45-55-51(60-56(43)45)31-24-37-23-29-50-54(52(37)55)44-16-6-7-19-47(44)58-50/h1-33H. The zero-order valence-electron chi connectivity index (χ0n) is 32.2. The summed E-state index contributed by atoms with van der Waals surface area (Å²) in [5.41, 5.74) is 11.6. The lowest BCUT2D eigenvalue weighted by Crippen LogP contribution is -2.10. The molecule has 0 N–H and O–H groups in total. The highest BCUT2D eigenvalue weighted by atomic mass is 32.1. The minimum Gasteiger partial charge on any atom is -0.456 e. The van der Waals surface area contributed by atoms with Crippen molar-refractivity contribution in [2.24, 2.45) is 0 Å². The molecule has 0 aliphatic rings. The third-order valence-corrected chi connectivity index (χ3v) is 13.4. The molecule has 0 saturated carbocycles. The summed E-state index contributed by atoms with van der Waals surface area (Å²) in [5, 5.41) is 12.0. The molecular weight excluding hydrogens is 751 g/mol. The Labute approximate surface area is 348 Å². The van der Waals surface area contributed by atoms with Crippen molar-refractivity contribution in [2.75, 3.05) is 4.90 Å². The molecule has 60 heavy (non-hydrogen) atoms. The van der Waals surface area contributed by atoms with Crippen LogP contribution in [0.2, 0.25) is 0 Å². The molecule has 0 fully saturated rings. The zero-order valence-corrected chi connectivity index (χ0v) is 33.0. The van der Waals surface area contributed by atoms with E-state index in [0.717, 1.165) is 55.6 Å². The lowest BCUT2D eigenvalue weighted by molar-refractivity contribution is 0.669. The molecule has 0 spiro atoms. The fourth-order valence-electron chi connectivity index (χ4n) is 9.51. The van der Waals surface area contributed by atoms with Gasteiger partial charge in [0.25, 0.3) is 0 Å². The van der Waals surface area contributed by atoms with E-state index in [1.165, 1.54) is 69.4 Å². The smallest absolute Gasteiger partial charge is 0.136 e. The quantitative estimate of drug-likeness (QED) is 0.174. The number of hydrogen-bond donors (Lipinski definition) is 0.